The summed E-state index contributed by atoms with van der Waals surface area (Å²) in [6.45, 7) is 3.20. The summed E-state index contributed by atoms with van der Waals surface area (Å²) in [5, 5.41) is 13.1. The van der Waals surface area contributed by atoms with Crippen LogP contribution in [0.3, 0.4) is 0 Å². The molecule has 1 fully saturated rings. The minimum Gasteiger partial charge on any atom is -0.394 e. The van der Waals surface area contributed by atoms with Gasteiger partial charge in [0.15, 0.2) is 17.7 Å². The lowest BCUT2D eigenvalue weighted by molar-refractivity contribution is -0.0617. The normalized spacial score (nSPS) is 24.9. The fraction of sp³-hybridized carbons (Fsp3) is 0.583. The molecule has 1 aliphatic rings. The fourth-order valence-electron chi connectivity index (χ4n) is 1.98. The summed E-state index contributed by atoms with van der Waals surface area (Å²) in [5.74, 6) is -1.28. The molecule has 3 N–H and O–H groups in total. The van der Waals surface area contributed by atoms with E-state index in [2.05, 4.69) is 10.1 Å². The van der Waals surface area contributed by atoms with Crippen molar-refractivity contribution in [3.05, 3.63) is 22.5 Å². The summed E-state index contributed by atoms with van der Waals surface area (Å²) in [7, 11) is 0. The highest BCUT2D eigenvalue weighted by Gasteiger charge is 2.38. The summed E-state index contributed by atoms with van der Waals surface area (Å²) in [6.07, 6.45) is -0.837. The van der Waals surface area contributed by atoms with Crippen molar-refractivity contribution in [2.24, 2.45) is 5.16 Å². The fourth-order valence-corrected chi connectivity index (χ4v) is 1.98. The molecule has 116 valence electrons. The molecule has 8 nitrogen and oxygen atoms in total. The van der Waals surface area contributed by atoms with Crippen LogP contribution in [0.4, 0.5) is 10.2 Å². The predicted molar refractivity (Wildman–Crippen MR) is 72.1 cm³/mol. The van der Waals surface area contributed by atoms with Crippen molar-refractivity contribution in [3.63, 3.8) is 0 Å². The Hall–Kier alpha value is -2.00. The maximum atomic E-state index is 13.4. The molecule has 1 unspecified atom stereocenters. The standard InChI is InChI=1S/C12H17FN4O4/c1-6(2)16-21-8-3-10(20-9(8)5-18)17-4-7(13)11(14)15-12(17)19/h4,8-10,18H,3,5H2,1-2H3,(H2,14,15,19)/t8-,9?,10-/m1/s1. The molecule has 0 bridgehead atoms. The number of hydrogen-bond donors (Lipinski definition) is 2. The van der Waals surface area contributed by atoms with Crippen LogP contribution in [0.5, 0.6) is 0 Å². The molecule has 1 aromatic rings. The first kappa shape index (κ1) is 15.4. The summed E-state index contributed by atoms with van der Waals surface area (Å²) >= 11 is 0. The molecule has 1 saturated heterocycles. The number of hydrogen-bond acceptors (Lipinski definition) is 7. The Labute approximate surface area is 120 Å². The van der Waals surface area contributed by atoms with Crippen LogP contribution >= 0.6 is 0 Å². The van der Waals surface area contributed by atoms with Gasteiger partial charge in [-0.05, 0) is 13.8 Å². The third-order valence-electron chi connectivity index (χ3n) is 2.98. The Bertz CT molecular complexity index is 599. The molecule has 0 spiro atoms. The Kier molecular flexibility index (Phi) is 4.53. The molecule has 1 aliphatic heterocycles. The maximum Gasteiger partial charge on any atom is 0.351 e. The second kappa shape index (κ2) is 6.19. The van der Waals surface area contributed by atoms with E-state index in [4.69, 9.17) is 15.3 Å². The molecule has 0 amide bonds. The van der Waals surface area contributed by atoms with E-state index in [1.165, 1.54) is 0 Å². The average Bonchev–Trinajstić information content (AvgIpc) is 2.83. The first-order valence-electron chi connectivity index (χ1n) is 6.40. The van der Waals surface area contributed by atoms with Crippen molar-refractivity contribution in [2.75, 3.05) is 12.3 Å². The molecule has 0 saturated carbocycles. The minimum atomic E-state index is -0.814. The number of rotatable bonds is 4. The van der Waals surface area contributed by atoms with Crippen molar-refractivity contribution in [1.29, 1.82) is 0 Å². The Morgan fingerprint density at radius 3 is 3.05 bits per heavy atom. The van der Waals surface area contributed by atoms with E-state index in [0.717, 1.165) is 10.8 Å². The number of nitrogen functional groups attached to an aromatic ring is 1. The van der Waals surface area contributed by atoms with Gasteiger partial charge in [0.2, 0.25) is 0 Å². The van der Waals surface area contributed by atoms with Gasteiger partial charge in [0.1, 0.15) is 12.3 Å². The Morgan fingerprint density at radius 2 is 2.43 bits per heavy atom. The van der Waals surface area contributed by atoms with Crippen LogP contribution in [0.1, 0.15) is 26.5 Å². The van der Waals surface area contributed by atoms with Crippen molar-refractivity contribution in [1.82, 2.24) is 9.55 Å². The predicted octanol–water partition coefficient (Wildman–Crippen LogP) is 0.0254. The monoisotopic (exact) mass is 300 g/mol. The van der Waals surface area contributed by atoms with Gasteiger partial charge in [-0.2, -0.15) is 4.98 Å². The SMILES string of the molecule is CC(C)=NO[C@@H]1C[C@H](n2cc(F)c(N)nc2=O)OC1CO. The second-order valence-corrected chi connectivity index (χ2v) is 4.89. The maximum absolute atomic E-state index is 13.4. The number of halogens is 1. The number of aromatic nitrogens is 2. The van der Waals surface area contributed by atoms with Gasteiger partial charge in [-0.15, -0.1) is 0 Å². The lowest BCUT2D eigenvalue weighted by atomic mass is 10.2. The Morgan fingerprint density at radius 1 is 1.71 bits per heavy atom. The topological polar surface area (TPSA) is 112 Å². The first-order valence-corrected chi connectivity index (χ1v) is 6.40. The van der Waals surface area contributed by atoms with Crippen LogP contribution in [0.2, 0.25) is 0 Å². The molecule has 0 radical (unpaired) electrons. The van der Waals surface area contributed by atoms with Crippen LogP contribution in [0.25, 0.3) is 0 Å². The van der Waals surface area contributed by atoms with Crippen LogP contribution in [0.15, 0.2) is 16.1 Å². The van der Waals surface area contributed by atoms with Gasteiger partial charge in [-0.25, -0.2) is 9.18 Å². The molecular formula is C12H17FN4O4. The molecule has 1 aromatic heterocycles. The number of aliphatic hydroxyl groups is 1. The van der Waals surface area contributed by atoms with E-state index >= 15 is 0 Å². The number of nitrogens with two attached hydrogens (primary N) is 1. The lowest BCUT2D eigenvalue weighted by Gasteiger charge is -2.14. The van der Waals surface area contributed by atoms with E-state index in [1.54, 1.807) is 13.8 Å². The molecule has 3 atom stereocenters. The number of oxime groups is 1. The highest BCUT2D eigenvalue weighted by Crippen LogP contribution is 2.30. The van der Waals surface area contributed by atoms with E-state index < -0.39 is 35.8 Å². The summed E-state index contributed by atoms with van der Waals surface area (Å²) < 4.78 is 19.9. The van der Waals surface area contributed by atoms with Gasteiger partial charge in [0.05, 0.1) is 18.5 Å². The zero-order valence-corrected chi connectivity index (χ0v) is 11.7. The molecule has 21 heavy (non-hydrogen) atoms. The van der Waals surface area contributed by atoms with Crippen LogP contribution in [0, 0.1) is 5.82 Å². The molecule has 0 aliphatic carbocycles. The van der Waals surface area contributed by atoms with Crippen molar-refractivity contribution in [3.8, 4) is 0 Å². The number of aliphatic hydroxyl groups excluding tert-OH is 1. The van der Waals surface area contributed by atoms with Gasteiger partial charge >= 0.3 is 5.69 Å². The molecular weight excluding hydrogens is 283 g/mol. The van der Waals surface area contributed by atoms with Crippen LogP contribution < -0.4 is 11.4 Å². The van der Waals surface area contributed by atoms with Crippen LogP contribution in [-0.4, -0.2) is 39.2 Å². The highest BCUT2D eigenvalue weighted by atomic mass is 19.1. The average molecular weight is 300 g/mol. The van der Waals surface area contributed by atoms with E-state index in [1.807, 2.05) is 0 Å². The third-order valence-corrected chi connectivity index (χ3v) is 2.98. The van der Waals surface area contributed by atoms with Crippen molar-refractivity contribution in [2.45, 2.75) is 38.7 Å². The second-order valence-electron chi connectivity index (χ2n) is 4.89. The van der Waals surface area contributed by atoms with Gasteiger partial charge in [0.25, 0.3) is 0 Å². The summed E-state index contributed by atoms with van der Waals surface area (Å²) in [6, 6.07) is 0. The van der Waals surface area contributed by atoms with Crippen molar-refractivity contribution >= 4 is 11.5 Å². The van der Waals surface area contributed by atoms with Gasteiger partial charge in [0, 0.05) is 6.42 Å². The highest BCUT2D eigenvalue weighted by molar-refractivity contribution is 5.78. The minimum absolute atomic E-state index is 0.229. The van der Waals surface area contributed by atoms with Gasteiger partial charge in [-0.1, -0.05) is 5.16 Å². The van der Waals surface area contributed by atoms with Crippen LogP contribution in [-0.2, 0) is 9.57 Å². The van der Waals surface area contributed by atoms with Gasteiger partial charge < -0.3 is 20.4 Å². The third kappa shape index (κ3) is 3.37. The molecule has 2 heterocycles. The lowest BCUT2D eigenvalue weighted by Crippen LogP contribution is -2.29. The number of anilines is 1. The quantitative estimate of drug-likeness (QED) is 0.599. The molecule has 2 rings (SSSR count). The van der Waals surface area contributed by atoms with E-state index in [-0.39, 0.29) is 13.0 Å². The smallest absolute Gasteiger partial charge is 0.351 e. The number of nitrogens with zero attached hydrogens (tertiary/aromatic N) is 3. The zero-order valence-electron chi connectivity index (χ0n) is 11.7. The summed E-state index contributed by atoms with van der Waals surface area (Å²) in [5.41, 5.74) is 5.20. The molecule has 9 heteroatoms. The number of ether oxygens (including phenoxy) is 1. The zero-order chi connectivity index (χ0) is 15.6. The molecule has 0 aromatic carbocycles. The van der Waals surface area contributed by atoms with E-state index in [0.29, 0.717) is 5.71 Å². The summed E-state index contributed by atoms with van der Waals surface area (Å²) in [4.78, 5) is 20.4. The Balaban J connectivity index is 2.21. The van der Waals surface area contributed by atoms with Crippen molar-refractivity contribution < 1.29 is 19.1 Å². The first-order chi connectivity index (χ1) is 9.92. The van der Waals surface area contributed by atoms with Gasteiger partial charge in [-0.3, -0.25) is 4.57 Å². The van der Waals surface area contributed by atoms with E-state index in [9.17, 15) is 14.3 Å². The largest absolute Gasteiger partial charge is 0.394 e.